The minimum Gasteiger partial charge on any atom is -0.378 e. The summed E-state index contributed by atoms with van der Waals surface area (Å²) in [7, 11) is 1.77. The second-order valence-electron chi connectivity index (χ2n) is 7.40. The van der Waals surface area contributed by atoms with Crippen LogP contribution in [0, 0.1) is 5.92 Å². The quantitative estimate of drug-likeness (QED) is 0.684. The zero-order chi connectivity index (χ0) is 19.6. The molecule has 2 N–H and O–H groups in total. The van der Waals surface area contributed by atoms with Crippen LogP contribution in [0.25, 0.3) is 0 Å². The molecule has 1 saturated heterocycles. The van der Waals surface area contributed by atoms with Gasteiger partial charge in [-0.2, -0.15) is 0 Å². The third kappa shape index (κ3) is 7.97. The molecule has 0 bridgehead atoms. The van der Waals surface area contributed by atoms with Gasteiger partial charge in [0.15, 0.2) is 0 Å². The maximum atomic E-state index is 12.2. The van der Waals surface area contributed by atoms with Crippen molar-refractivity contribution < 1.29 is 14.3 Å². The first-order valence-electron chi connectivity index (χ1n) is 9.62. The number of ether oxygens (including phenoxy) is 1. The number of nitrogens with zero attached hydrogens (tertiary/aromatic N) is 2. The molecule has 0 spiro atoms. The van der Waals surface area contributed by atoms with E-state index in [0.717, 1.165) is 44.1 Å². The monoisotopic (exact) mass is 376 g/mol. The number of carbonyl (C=O) groups excluding carboxylic acids is 2. The highest BCUT2D eigenvalue weighted by Crippen LogP contribution is 2.18. The van der Waals surface area contributed by atoms with Gasteiger partial charge in [-0.3, -0.25) is 14.5 Å². The summed E-state index contributed by atoms with van der Waals surface area (Å²) in [6.45, 7) is 8.56. The predicted octanol–water partition coefficient (Wildman–Crippen LogP) is 1.56. The van der Waals surface area contributed by atoms with E-state index in [-0.39, 0.29) is 24.9 Å². The van der Waals surface area contributed by atoms with Crippen molar-refractivity contribution in [3.63, 3.8) is 0 Å². The fraction of sp³-hybridized carbons (Fsp3) is 0.600. The summed E-state index contributed by atoms with van der Waals surface area (Å²) in [5, 5.41) is 5.76. The van der Waals surface area contributed by atoms with Gasteiger partial charge < -0.3 is 20.3 Å². The van der Waals surface area contributed by atoms with Crippen LogP contribution in [0.3, 0.4) is 0 Å². The minimum absolute atomic E-state index is 0.0548. The van der Waals surface area contributed by atoms with E-state index in [1.807, 2.05) is 24.3 Å². The lowest BCUT2D eigenvalue weighted by Crippen LogP contribution is -2.39. The second kappa shape index (κ2) is 10.9. The van der Waals surface area contributed by atoms with Crippen molar-refractivity contribution in [2.45, 2.75) is 20.3 Å². The van der Waals surface area contributed by atoms with E-state index in [4.69, 9.17) is 4.74 Å². The fourth-order valence-electron chi connectivity index (χ4n) is 2.88. The molecule has 2 rings (SSSR count). The molecule has 1 aliphatic rings. The van der Waals surface area contributed by atoms with Gasteiger partial charge in [0.2, 0.25) is 11.8 Å². The number of carbonyl (C=O) groups is 2. The summed E-state index contributed by atoms with van der Waals surface area (Å²) >= 11 is 0. The smallest absolute Gasteiger partial charge is 0.238 e. The van der Waals surface area contributed by atoms with E-state index < -0.39 is 0 Å². The minimum atomic E-state index is -0.133. The average Bonchev–Trinajstić information content (AvgIpc) is 2.62. The highest BCUT2D eigenvalue weighted by molar-refractivity contribution is 5.92. The maximum absolute atomic E-state index is 12.2. The van der Waals surface area contributed by atoms with Crippen LogP contribution in [-0.4, -0.2) is 69.7 Å². The van der Waals surface area contributed by atoms with Crippen molar-refractivity contribution in [3.8, 4) is 0 Å². The fourth-order valence-corrected chi connectivity index (χ4v) is 2.88. The highest BCUT2D eigenvalue weighted by Gasteiger charge is 2.13. The number of benzene rings is 1. The molecule has 2 amide bonds. The molecule has 0 atom stereocenters. The van der Waals surface area contributed by atoms with Gasteiger partial charge in [-0.15, -0.1) is 0 Å². The molecule has 1 aliphatic heterocycles. The molecule has 0 aromatic heterocycles. The van der Waals surface area contributed by atoms with E-state index in [0.29, 0.717) is 12.5 Å². The van der Waals surface area contributed by atoms with Crippen molar-refractivity contribution >= 4 is 23.2 Å². The molecule has 1 heterocycles. The third-order valence-electron chi connectivity index (χ3n) is 4.40. The number of anilines is 2. The Morgan fingerprint density at radius 3 is 2.37 bits per heavy atom. The van der Waals surface area contributed by atoms with Crippen molar-refractivity contribution in [2.24, 2.45) is 5.92 Å². The normalized spacial score (nSPS) is 14.5. The Morgan fingerprint density at radius 2 is 1.74 bits per heavy atom. The summed E-state index contributed by atoms with van der Waals surface area (Å²) in [6, 6.07) is 7.82. The summed E-state index contributed by atoms with van der Waals surface area (Å²) in [5.41, 5.74) is 1.89. The Morgan fingerprint density at radius 1 is 1.11 bits per heavy atom. The predicted molar refractivity (Wildman–Crippen MR) is 108 cm³/mol. The van der Waals surface area contributed by atoms with Crippen LogP contribution in [0.5, 0.6) is 0 Å². The molecule has 0 aliphatic carbocycles. The summed E-state index contributed by atoms with van der Waals surface area (Å²) < 4.78 is 5.36. The summed E-state index contributed by atoms with van der Waals surface area (Å²) in [5.74, 6) is 0.371. The molecule has 0 unspecified atom stereocenters. The molecule has 7 heteroatoms. The topological polar surface area (TPSA) is 73.9 Å². The van der Waals surface area contributed by atoms with E-state index in [2.05, 4.69) is 29.4 Å². The lowest BCUT2D eigenvalue weighted by Gasteiger charge is -2.28. The maximum Gasteiger partial charge on any atom is 0.238 e. The molecule has 7 nitrogen and oxygen atoms in total. The largest absolute Gasteiger partial charge is 0.378 e. The van der Waals surface area contributed by atoms with Gasteiger partial charge >= 0.3 is 0 Å². The van der Waals surface area contributed by atoms with Gasteiger partial charge in [0.25, 0.3) is 0 Å². The molecular formula is C20H32N4O3. The van der Waals surface area contributed by atoms with Gasteiger partial charge in [0.1, 0.15) is 0 Å². The van der Waals surface area contributed by atoms with Crippen LogP contribution in [0.1, 0.15) is 20.3 Å². The van der Waals surface area contributed by atoms with Crippen LogP contribution in [-0.2, 0) is 14.3 Å². The second-order valence-corrected chi connectivity index (χ2v) is 7.40. The lowest BCUT2D eigenvalue weighted by atomic mass is 10.1. The summed E-state index contributed by atoms with van der Waals surface area (Å²) in [4.78, 5) is 28.0. The van der Waals surface area contributed by atoms with Crippen molar-refractivity contribution in [1.29, 1.82) is 0 Å². The first-order valence-corrected chi connectivity index (χ1v) is 9.62. The van der Waals surface area contributed by atoms with Gasteiger partial charge in [-0.25, -0.2) is 0 Å². The molecule has 150 valence electrons. The van der Waals surface area contributed by atoms with Crippen LogP contribution in [0.4, 0.5) is 11.4 Å². The average molecular weight is 377 g/mol. The van der Waals surface area contributed by atoms with Crippen LogP contribution in [0.15, 0.2) is 24.3 Å². The van der Waals surface area contributed by atoms with Crippen LogP contribution >= 0.6 is 0 Å². The van der Waals surface area contributed by atoms with Crippen molar-refractivity contribution in [1.82, 2.24) is 10.2 Å². The Kier molecular flexibility index (Phi) is 8.54. The zero-order valence-corrected chi connectivity index (χ0v) is 16.7. The Bertz CT molecular complexity index is 598. The Hall–Kier alpha value is -2.12. The number of hydrogen-bond acceptors (Lipinski definition) is 5. The number of nitrogens with one attached hydrogen (secondary N) is 2. The van der Waals surface area contributed by atoms with Crippen molar-refractivity contribution in [2.75, 3.05) is 63.2 Å². The van der Waals surface area contributed by atoms with Crippen LogP contribution in [0.2, 0.25) is 0 Å². The standard InChI is InChI=1S/C20H32N4O3/c1-16(2)8-9-21-19(25)14-23(3)15-20(26)22-17-4-6-18(7-5-17)24-10-12-27-13-11-24/h4-7,16H,8-15H2,1-3H3,(H,21,25)(H,22,26). The van der Waals surface area contributed by atoms with Crippen LogP contribution < -0.4 is 15.5 Å². The Labute approximate surface area is 162 Å². The number of likely N-dealkylation sites (N-methyl/N-ethyl adjacent to an activating group) is 1. The number of amides is 2. The molecule has 0 saturated carbocycles. The molecule has 1 aromatic rings. The molecule has 27 heavy (non-hydrogen) atoms. The van der Waals surface area contributed by atoms with E-state index in [9.17, 15) is 9.59 Å². The zero-order valence-electron chi connectivity index (χ0n) is 16.7. The van der Waals surface area contributed by atoms with E-state index in [1.54, 1.807) is 11.9 Å². The number of rotatable bonds is 9. The molecule has 0 radical (unpaired) electrons. The van der Waals surface area contributed by atoms with E-state index >= 15 is 0 Å². The third-order valence-corrected chi connectivity index (χ3v) is 4.40. The lowest BCUT2D eigenvalue weighted by molar-refractivity contribution is -0.122. The van der Waals surface area contributed by atoms with Gasteiger partial charge in [0, 0.05) is 31.0 Å². The SMILES string of the molecule is CC(C)CCNC(=O)CN(C)CC(=O)Nc1ccc(N2CCOCC2)cc1. The van der Waals surface area contributed by atoms with Gasteiger partial charge in [-0.1, -0.05) is 13.8 Å². The molecular weight excluding hydrogens is 344 g/mol. The van der Waals surface area contributed by atoms with Gasteiger partial charge in [0.05, 0.1) is 26.3 Å². The number of hydrogen-bond donors (Lipinski definition) is 2. The highest BCUT2D eigenvalue weighted by atomic mass is 16.5. The molecule has 1 fully saturated rings. The number of morpholine rings is 1. The summed E-state index contributed by atoms with van der Waals surface area (Å²) in [6.07, 6.45) is 0.955. The first kappa shape index (κ1) is 21.2. The van der Waals surface area contributed by atoms with Gasteiger partial charge in [-0.05, 0) is 43.7 Å². The molecule has 1 aromatic carbocycles. The van der Waals surface area contributed by atoms with Crippen molar-refractivity contribution in [3.05, 3.63) is 24.3 Å². The first-order chi connectivity index (χ1) is 12.9. The Balaban J connectivity index is 1.72. The van der Waals surface area contributed by atoms with E-state index in [1.165, 1.54) is 0 Å².